The summed E-state index contributed by atoms with van der Waals surface area (Å²) in [6.07, 6.45) is 0. The van der Waals surface area contributed by atoms with Gasteiger partial charge in [-0.3, -0.25) is 0 Å². The standard InChI is InChI=1S/C13H11Cl2NO2/c1-17-12-7-8(16)6-10(15)13(12)18-11-5-3-2-4-9(11)14/h2-7H,16H2,1H3. The fourth-order valence-corrected chi connectivity index (χ4v) is 1.91. The van der Waals surface area contributed by atoms with Gasteiger partial charge in [-0.1, -0.05) is 35.3 Å². The van der Waals surface area contributed by atoms with Gasteiger partial charge in [-0.2, -0.15) is 0 Å². The normalized spacial score (nSPS) is 10.2. The molecular weight excluding hydrogens is 273 g/mol. The van der Waals surface area contributed by atoms with E-state index in [4.69, 9.17) is 38.4 Å². The highest BCUT2D eigenvalue weighted by Gasteiger charge is 2.13. The molecule has 0 aromatic heterocycles. The fourth-order valence-electron chi connectivity index (χ4n) is 1.48. The molecule has 0 heterocycles. The van der Waals surface area contributed by atoms with Crippen molar-refractivity contribution in [2.45, 2.75) is 0 Å². The molecular formula is C13H11Cl2NO2. The van der Waals surface area contributed by atoms with Crippen LogP contribution in [0.4, 0.5) is 5.69 Å². The van der Waals surface area contributed by atoms with Gasteiger partial charge in [0, 0.05) is 11.8 Å². The molecule has 0 aliphatic rings. The first-order valence-electron chi connectivity index (χ1n) is 5.17. The molecule has 0 spiro atoms. The predicted octanol–water partition coefficient (Wildman–Crippen LogP) is 4.38. The first-order valence-corrected chi connectivity index (χ1v) is 5.93. The molecule has 2 aromatic carbocycles. The van der Waals surface area contributed by atoms with Crippen molar-refractivity contribution in [1.82, 2.24) is 0 Å². The summed E-state index contributed by atoms with van der Waals surface area (Å²) >= 11 is 12.1. The van der Waals surface area contributed by atoms with Crippen LogP contribution in [-0.4, -0.2) is 7.11 Å². The van der Waals surface area contributed by atoms with Gasteiger partial charge in [0.05, 0.1) is 17.2 Å². The van der Waals surface area contributed by atoms with Crippen LogP contribution in [0.15, 0.2) is 36.4 Å². The zero-order valence-corrected chi connectivity index (χ0v) is 11.1. The van der Waals surface area contributed by atoms with Crippen molar-refractivity contribution in [3.05, 3.63) is 46.4 Å². The van der Waals surface area contributed by atoms with Crippen LogP contribution in [-0.2, 0) is 0 Å². The second-order valence-corrected chi connectivity index (χ2v) is 4.38. The molecule has 0 fully saturated rings. The van der Waals surface area contributed by atoms with Crippen LogP contribution in [0.1, 0.15) is 0 Å². The molecule has 0 aliphatic carbocycles. The molecule has 0 saturated carbocycles. The Bertz CT molecular complexity index is 573. The molecule has 3 nitrogen and oxygen atoms in total. The number of ether oxygens (including phenoxy) is 2. The minimum absolute atomic E-state index is 0.367. The van der Waals surface area contributed by atoms with E-state index in [9.17, 15) is 0 Å². The van der Waals surface area contributed by atoms with Crippen molar-refractivity contribution < 1.29 is 9.47 Å². The van der Waals surface area contributed by atoms with Crippen molar-refractivity contribution in [2.75, 3.05) is 12.8 Å². The summed E-state index contributed by atoms with van der Waals surface area (Å²) in [5, 5.41) is 0.860. The highest BCUT2D eigenvalue weighted by atomic mass is 35.5. The Labute approximate surface area is 115 Å². The summed E-state index contributed by atoms with van der Waals surface area (Å²) < 4.78 is 10.9. The Morgan fingerprint density at radius 1 is 1.00 bits per heavy atom. The van der Waals surface area contributed by atoms with Gasteiger partial charge in [-0.25, -0.2) is 0 Å². The summed E-state index contributed by atoms with van der Waals surface area (Å²) in [5.74, 6) is 1.35. The van der Waals surface area contributed by atoms with E-state index in [1.54, 1.807) is 24.3 Å². The van der Waals surface area contributed by atoms with Crippen LogP contribution in [0.5, 0.6) is 17.2 Å². The topological polar surface area (TPSA) is 44.5 Å². The van der Waals surface area contributed by atoms with Gasteiger partial charge >= 0.3 is 0 Å². The molecule has 0 aliphatic heterocycles. The predicted molar refractivity (Wildman–Crippen MR) is 73.9 cm³/mol. The number of benzene rings is 2. The Kier molecular flexibility index (Phi) is 3.84. The molecule has 2 rings (SSSR count). The maximum Gasteiger partial charge on any atom is 0.188 e. The molecule has 2 N–H and O–H groups in total. The number of hydrogen-bond acceptors (Lipinski definition) is 3. The van der Waals surface area contributed by atoms with Crippen molar-refractivity contribution in [2.24, 2.45) is 0 Å². The second kappa shape index (κ2) is 5.38. The quantitative estimate of drug-likeness (QED) is 0.851. The Hall–Kier alpha value is -1.58. The minimum atomic E-state index is 0.367. The van der Waals surface area contributed by atoms with E-state index in [-0.39, 0.29) is 0 Å². The zero-order chi connectivity index (χ0) is 13.1. The number of rotatable bonds is 3. The number of nitrogen functional groups attached to an aromatic ring is 1. The average molecular weight is 284 g/mol. The lowest BCUT2D eigenvalue weighted by Gasteiger charge is -2.13. The van der Waals surface area contributed by atoms with Gasteiger partial charge < -0.3 is 15.2 Å². The summed E-state index contributed by atoms with van der Waals surface area (Å²) in [6.45, 7) is 0. The van der Waals surface area contributed by atoms with Gasteiger partial charge in [0.2, 0.25) is 0 Å². The van der Waals surface area contributed by atoms with Gasteiger partial charge in [-0.15, -0.1) is 0 Å². The molecule has 0 unspecified atom stereocenters. The number of methoxy groups -OCH3 is 1. The minimum Gasteiger partial charge on any atom is -0.493 e. The molecule has 0 radical (unpaired) electrons. The van der Waals surface area contributed by atoms with E-state index in [1.165, 1.54) is 7.11 Å². The lowest BCUT2D eigenvalue weighted by atomic mass is 10.2. The van der Waals surface area contributed by atoms with E-state index in [0.717, 1.165) is 0 Å². The molecule has 18 heavy (non-hydrogen) atoms. The van der Waals surface area contributed by atoms with E-state index in [0.29, 0.717) is 33.0 Å². The van der Waals surface area contributed by atoms with E-state index in [1.807, 2.05) is 12.1 Å². The van der Waals surface area contributed by atoms with Gasteiger partial charge in [0.15, 0.2) is 11.5 Å². The van der Waals surface area contributed by atoms with Gasteiger partial charge in [-0.05, 0) is 18.2 Å². The highest BCUT2D eigenvalue weighted by Crippen LogP contribution is 2.41. The SMILES string of the molecule is COc1cc(N)cc(Cl)c1Oc1ccccc1Cl. The smallest absolute Gasteiger partial charge is 0.188 e. The molecule has 2 aromatic rings. The average Bonchev–Trinajstić information content (AvgIpc) is 2.34. The molecule has 94 valence electrons. The van der Waals surface area contributed by atoms with Crippen LogP contribution in [0.2, 0.25) is 10.0 Å². The van der Waals surface area contributed by atoms with Crippen LogP contribution in [0.25, 0.3) is 0 Å². The van der Waals surface area contributed by atoms with Crippen LogP contribution in [0.3, 0.4) is 0 Å². The van der Waals surface area contributed by atoms with E-state index >= 15 is 0 Å². The Morgan fingerprint density at radius 2 is 1.72 bits per heavy atom. The maximum atomic E-state index is 6.09. The van der Waals surface area contributed by atoms with E-state index < -0.39 is 0 Å². The molecule has 0 atom stereocenters. The molecule has 5 heteroatoms. The largest absolute Gasteiger partial charge is 0.493 e. The zero-order valence-electron chi connectivity index (χ0n) is 9.61. The number of para-hydroxylation sites is 1. The monoisotopic (exact) mass is 283 g/mol. The highest BCUT2D eigenvalue weighted by molar-refractivity contribution is 6.33. The lowest BCUT2D eigenvalue weighted by molar-refractivity contribution is 0.379. The summed E-state index contributed by atoms with van der Waals surface area (Å²) in [6, 6.07) is 10.3. The fraction of sp³-hybridized carbons (Fsp3) is 0.0769. The lowest BCUT2D eigenvalue weighted by Crippen LogP contribution is -1.94. The number of halogens is 2. The molecule has 0 saturated heterocycles. The van der Waals surface area contributed by atoms with E-state index in [2.05, 4.69) is 0 Å². The summed E-state index contributed by atoms with van der Waals surface area (Å²) in [4.78, 5) is 0. The number of hydrogen-bond donors (Lipinski definition) is 1. The van der Waals surface area contributed by atoms with Crippen molar-refractivity contribution in [1.29, 1.82) is 0 Å². The van der Waals surface area contributed by atoms with Crippen molar-refractivity contribution >= 4 is 28.9 Å². The number of anilines is 1. The van der Waals surface area contributed by atoms with Crippen LogP contribution < -0.4 is 15.2 Å². The Morgan fingerprint density at radius 3 is 2.39 bits per heavy atom. The van der Waals surface area contributed by atoms with Crippen LogP contribution in [0, 0.1) is 0 Å². The third kappa shape index (κ3) is 2.63. The van der Waals surface area contributed by atoms with Crippen molar-refractivity contribution in [3.8, 4) is 17.2 Å². The van der Waals surface area contributed by atoms with Gasteiger partial charge in [0.25, 0.3) is 0 Å². The summed E-state index contributed by atoms with van der Waals surface area (Å²) in [5.41, 5.74) is 6.18. The molecule has 0 bridgehead atoms. The maximum absolute atomic E-state index is 6.09. The first kappa shape index (κ1) is 12.9. The summed E-state index contributed by atoms with van der Waals surface area (Å²) in [7, 11) is 1.52. The third-order valence-electron chi connectivity index (χ3n) is 2.30. The second-order valence-electron chi connectivity index (χ2n) is 3.57. The van der Waals surface area contributed by atoms with Crippen LogP contribution >= 0.6 is 23.2 Å². The Balaban J connectivity index is 2.43. The number of nitrogens with two attached hydrogens (primary N) is 1. The van der Waals surface area contributed by atoms with Gasteiger partial charge in [0.1, 0.15) is 5.75 Å². The first-order chi connectivity index (χ1) is 8.61. The molecule has 0 amide bonds. The third-order valence-corrected chi connectivity index (χ3v) is 2.89. The van der Waals surface area contributed by atoms with Crippen molar-refractivity contribution in [3.63, 3.8) is 0 Å².